The molecule has 6 heteroatoms. The fraction of sp³-hybridized carbons (Fsp3) is 0.200. The summed E-state index contributed by atoms with van der Waals surface area (Å²) in [5, 5.41) is 4.20. The van der Waals surface area contributed by atoms with Crippen LogP contribution in [0.1, 0.15) is 5.56 Å². The number of ether oxygens (including phenoxy) is 1. The standard InChI is InChI=1S/C10H9Br2N3O/c1-16-8-4-2-3-7(5-8)6-15-10(12)13-9(11)14-15/h2-5H,6H2,1H3. The minimum absolute atomic E-state index is 0.572. The molecule has 0 bridgehead atoms. The third-order valence-corrected chi connectivity index (χ3v) is 2.99. The first-order valence-electron chi connectivity index (χ1n) is 4.58. The van der Waals surface area contributed by atoms with Gasteiger partial charge in [-0.1, -0.05) is 12.1 Å². The zero-order valence-corrected chi connectivity index (χ0v) is 11.7. The molecule has 4 nitrogen and oxygen atoms in total. The van der Waals surface area contributed by atoms with Gasteiger partial charge in [0.1, 0.15) is 5.75 Å². The van der Waals surface area contributed by atoms with E-state index in [2.05, 4.69) is 41.9 Å². The molecule has 84 valence electrons. The van der Waals surface area contributed by atoms with Crippen molar-refractivity contribution in [3.8, 4) is 5.75 Å². The van der Waals surface area contributed by atoms with E-state index >= 15 is 0 Å². The van der Waals surface area contributed by atoms with Crippen LogP contribution in [0, 0.1) is 0 Å². The number of halogens is 2. The van der Waals surface area contributed by atoms with Gasteiger partial charge in [-0.15, -0.1) is 5.10 Å². The Balaban J connectivity index is 2.23. The summed E-state index contributed by atoms with van der Waals surface area (Å²) in [5.41, 5.74) is 1.11. The molecule has 0 aliphatic carbocycles. The lowest BCUT2D eigenvalue weighted by molar-refractivity contribution is 0.414. The lowest BCUT2D eigenvalue weighted by atomic mass is 10.2. The Morgan fingerprint density at radius 1 is 1.38 bits per heavy atom. The second kappa shape index (κ2) is 4.97. The van der Waals surface area contributed by atoms with Gasteiger partial charge in [0, 0.05) is 0 Å². The fourth-order valence-corrected chi connectivity index (χ4v) is 2.31. The smallest absolute Gasteiger partial charge is 0.218 e. The Labute approximate surface area is 110 Å². The summed E-state index contributed by atoms with van der Waals surface area (Å²) in [6.45, 7) is 0.649. The topological polar surface area (TPSA) is 39.9 Å². The minimum Gasteiger partial charge on any atom is -0.497 e. The van der Waals surface area contributed by atoms with Gasteiger partial charge < -0.3 is 4.74 Å². The highest BCUT2D eigenvalue weighted by molar-refractivity contribution is 9.11. The largest absolute Gasteiger partial charge is 0.497 e. The van der Waals surface area contributed by atoms with E-state index in [9.17, 15) is 0 Å². The molecule has 2 aromatic rings. The van der Waals surface area contributed by atoms with Crippen molar-refractivity contribution in [2.75, 3.05) is 7.11 Å². The Kier molecular flexibility index (Phi) is 3.60. The van der Waals surface area contributed by atoms with E-state index in [1.807, 2.05) is 24.3 Å². The van der Waals surface area contributed by atoms with Crippen molar-refractivity contribution in [3.05, 3.63) is 39.3 Å². The fourth-order valence-electron chi connectivity index (χ4n) is 1.34. The maximum absolute atomic E-state index is 5.16. The van der Waals surface area contributed by atoms with Crippen LogP contribution < -0.4 is 4.74 Å². The summed E-state index contributed by atoms with van der Waals surface area (Å²) in [5.74, 6) is 0.841. The van der Waals surface area contributed by atoms with Gasteiger partial charge >= 0.3 is 0 Å². The van der Waals surface area contributed by atoms with Crippen molar-refractivity contribution in [3.63, 3.8) is 0 Å². The summed E-state index contributed by atoms with van der Waals surface area (Å²) >= 11 is 6.56. The second-order valence-electron chi connectivity index (χ2n) is 3.16. The average molecular weight is 347 g/mol. The molecular formula is C10H9Br2N3O. The van der Waals surface area contributed by atoms with Gasteiger partial charge in [0.15, 0.2) is 4.73 Å². The Hall–Kier alpha value is -0.880. The van der Waals surface area contributed by atoms with E-state index in [0.717, 1.165) is 11.3 Å². The Morgan fingerprint density at radius 2 is 2.19 bits per heavy atom. The molecule has 0 saturated heterocycles. The molecule has 0 amide bonds. The van der Waals surface area contributed by atoms with Crippen LogP contribution in [-0.2, 0) is 6.54 Å². The van der Waals surface area contributed by atoms with E-state index in [4.69, 9.17) is 4.74 Å². The molecule has 0 N–H and O–H groups in total. The van der Waals surface area contributed by atoms with Crippen molar-refractivity contribution >= 4 is 31.9 Å². The normalized spacial score (nSPS) is 10.4. The molecule has 0 aliphatic rings. The van der Waals surface area contributed by atoms with Crippen LogP contribution in [0.5, 0.6) is 5.75 Å². The van der Waals surface area contributed by atoms with Gasteiger partial charge in [-0.3, -0.25) is 0 Å². The van der Waals surface area contributed by atoms with Crippen LogP contribution in [0.3, 0.4) is 0 Å². The van der Waals surface area contributed by atoms with Crippen LogP contribution in [0.15, 0.2) is 33.7 Å². The highest BCUT2D eigenvalue weighted by Gasteiger charge is 2.05. The Morgan fingerprint density at radius 3 is 2.81 bits per heavy atom. The molecule has 0 aliphatic heterocycles. The third kappa shape index (κ3) is 2.62. The summed E-state index contributed by atoms with van der Waals surface area (Å²) in [7, 11) is 1.65. The van der Waals surface area contributed by atoms with Crippen LogP contribution in [0.25, 0.3) is 0 Å². The van der Waals surface area contributed by atoms with Gasteiger partial charge in [0.25, 0.3) is 0 Å². The molecular weight excluding hydrogens is 338 g/mol. The van der Waals surface area contributed by atoms with Crippen molar-refractivity contribution in [1.29, 1.82) is 0 Å². The van der Waals surface area contributed by atoms with Crippen LogP contribution in [-0.4, -0.2) is 21.9 Å². The number of hydrogen-bond acceptors (Lipinski definition) is 3. The number of hydrogen-bond donors (Lipinski definition) is 0. The van der Waals surface area contributed by atoms with Crippen molar-refractivity contribution in [1.82, 2.24) is 14.8 Å². The van der Waals surface area contributed by atoms with Gasteiger partial charge in [-0.2, -0.15) is 4.98 Å². The number of rotatable bonds is 3. The average Bonchev–Trinajstić information content (AvgIpc) is 2.58. The summed E-state index contributed by atoms with van der Waals surface area (Å²) < 4.78 is 8.19. The highest BCUT2D eigenvalue weighted by Crippen LogP contribution is 2.16. The monoisotopic (exact) mass is 345 g/mol. The molecule has 16 heavy (non-hydrogen) atoms. The molecule has 0 unspecified atom stereocenters. The predicted molar refractivity (Wildman–Crippen MR) is 67.5 cm³/mol. The van der Waals surface area contributed by atoms with Crippen LogP contribution in [0.2, 0.25) is 0 Å². The first-order chi connectivity index (χ1) is 7.69. The molecule has 1 heterocycles. The van der Waals surface area contributed by atoms with E-state index in [1.54, 1.807) is 11.8 Å². The maximum atomic E-state index is 5.16. The molecule has 0 radical (unpaired) electrons. The molecule has 0 saturated carbocycles. The highest BCUT2D eigenvalue weighted by atomic mass is 79.9. The maximum Gasteiger partial charge on any atom is 0.218 e. The van der Waals surface area contributed by atoms with E-state index in [1.165, 1.54) is 0 Å². The van der Waals surface area contributed by atoms with Crippen molar-refractivity contribution < 1.29 is 4.74 Å². The molecule has 1 aromatic heterocycles. The quantitative estimate of drug-likeness (QED) is 0.857. The summed E-state index contributed by atoms with van der Waals surface area (Å²) in [4.78, 5) is 4.10. The third-order valence-electron chi connectivity index (χ3n) is 2.07. The lowest BCUT2D eigenvalue weighted by Crippen LogP contribution is -2.02. The molecule has 0 spiro atoms. The van der Waals surface area contributed by atoms with Crippen molar-refractivity contribution in [2.24, 2.45) is 0 Å². The zero-order valence-electron chi connectivity index (χ0n) is 8.52. The zero-order chi connectivity index (χ0) is 11.5. The minimum atomic E-state index is 0.572. The number of benzene rings is 1. The van der Waals surface area contributed by atoms with Gasteiger partial charge in [-0.25, -0.2) is 4.68 Å². The van der Waals surface area contributed by atoms with E-state index in [-0.39, 0.29) is 0 Å². The number of methoxy groups -OCH3 is 1. The predicted octanol–water partition coefficient (Wildman–Crippen LogP) is 2.86. The van der Waals surface area contributed by atoms with Crippen LogP contribution in [0.4, 0.5) is 0 Å². The Bertz CT molecular complexity index is 499. The molecule has 1 aromatic carbocycles. The van der Waals surface area contributed by atoms with Crippen molar-refractivity contribution in [2.45, 2.75) is 6.54 Å². The van der Waals surface area contributed by atoms with Crippen LogP contribution >= 0.6 is 31.9 Å². The summed E-state index contributed by atoms with van der Waals surface area (Å²) in [6.07, 6.45) is 0. The van der Waals surface area contributed by atoms with Gasteiger partial charge in [-0.05, 0) is 49.6 Å². The SMILES string of the molecule is COc1cccc(Cn2nc(Br)nc2Br)c1. The molecule has 0 fully saturated rings. The first-order valence-corrected chi connectivity index (χ1v) is 6.16. The first kappa shape index (κ1) is 11.6. The van der Waals surface area contributed by atoms with E-state index < -0.39 is 0 Å². The van der Waals surface area contributed by atoms with Gasteiger partial charge in [0.2, 0.25) is 4.73 Å². The summed E-state index contributed by atoms with van der Waals surface area (Å²) in [6, 6.07) is 7.86. The second-order valence-corrected chi connectivity index (χ2v) is 4.58. The number of nitrogens with zero attached hydrogens (tertiary/aromatic N) is 3. The van der Waals surface area contributed by atoms with Gasteiger partial charge in [0.05, 0.1) is 13.7 Å². The number of aromatic nitrogens is 3. The molecule has 2 rings (SSSR count). The molecule has 0 atom stereocenters. The van der Waals surface area contributed by atoms with E-state index in [0.29, 0.717) is 16.0 Å². The lowest BCUT2D eigenvalue weighted by Gasteiger charge is -2.04.